The highest BCUT2D eigenvalue weighted by Crippen LogP contribution is 2.00. The van der Waals surface area contributed by atoms with Gasteiger partial charge in [-0.05, 0) is 0 Å². The van der Waals surface area contributed by atoms with Gasteiger partial charge < -0.3 is 15.2 Å². The maximum Gasteiger partial charge on any atom is 0.120 e. The van der Waals surface area contributed by atoms with Gasteiger partial charge in [-0.3, -0.25) is 4.90 Å². The van der Waals surface area contributed by atoms with Crippen LogP contribution in [0.4, 0.5) is 0 Å². The highest BCUT2D eigenvalue weighted by molar-refractivity contribution is 4.72. The Hall–Kier alpha value is -0.420. The minimum Gasteiger partial charge on any atom is -0.379 e. The SMILES string of the molecule is C=CCNCC(O)N1CCOCC1. The monoisotopic (exact) mass is 186 g/mol. The summed E-state index contributed by atoms with van der Waals surface area (Å²) in [6, 6.07) is 0. The summed E-state index contributed by atoms with van der Waals surface area (Å²) >= 11 is 0. The van der Waals surface area contributed by atoms with Crippen molar-refractivity contribution in [2.24, 2.45) is 0 Å². The van der Waals surface area contributed by atoms with Gasteiger partial charge in [-0.15, -0.1) is 6.58 Å². The normalized spacial score (nSPS) is 21.3. The van der Waals surface area contributed by atoms with Gasteiger partial charge in [-0.1, -0.05) is 6.08 Å². The smallest absolute Gasteiger partial charge is 0.120 e. The molecule has 0 amide bonds. The van der Waals surface area contributed by atoms with E-state index < -0.39 is 6.23 Å². The fourth-order valence-corrected chi connectivity index (χ4v) is 1.32. The Morgan fingerprint density at radius 1 is 1.54 bits per heavy atom. The van der Waals surface area contributed by atoms with Gasteiger partial charge >= 0.3 is 0 Å². The molecule has 13 heavy (non-hydrogen) atoms. The molecule has 1 saturated heterocycles. The molecule has 1 aliphatic rings. The first-order chi connectivity index (χ1) is 6.34. The number of hydrogen-bond acceptors (Lipinski definition) is 4. The first-order valence-corrected chi connectivity index (χ1v) is 4.66. The molecule has 76 valence electrons. The third kappa shape index (κ3) is 3.87. The highest BCUT2D eigenvalue weighted by Gasteiger charge is 2.17. The standard InChI is InChI=1S/C9H18N2O2/c1-2-3-10-8-9(12)11-4-6-13-7-5-11/h2,9-10,12H,1,3-8H2. The number of morpholine rings is 1. The second kappa shape index (κ2) is 6.10. The number of aliphatic hydroxyl groups excluding tert-OH is 1. The second-order valence-corrected chi connectivity index (χ2v) is 3.08. The van der Waals surface area contributed by atoms with Crippen LogP contribution in [0.2, 0.25) is 0 Å². The summed E-state index contributed by atoms with van der Waals surface area (Å²) in [6.45, 7) is 7.99. The van der Waals surface area contributed by atoms with Gasteiger partial charge in [0.1, 0.15) is 6.23 Å². The zero-order valence-electron chi connectivity index (χ0n) is 7.91. The van der Waals surface area contributed by atoms with Crippen LogP contribution >= 0.6 is 0 Å². The number of nitrogens with zero attached hydrogens (tertiary/aromatic N) is 1. The van der Waals surface area contributed by atoms with Crippen molar-refractivity contribution in [3.63, 3.8) is 0 Å². The highest BCUT2D eigenvalue weighted by atomic mass is 16.5. The Bertz CT molecular complexity index is 147. The van der Waals surface area contributed by atoms with Crippen molar-refractivity contribution >= 4 is 0 Å². The maximum absolute atomic E-state index is 9.67. The number of nitrogens with one attached hydrogen (secondary N) is 1. The molecule has 1 aliphatic heterocycles. The summed E-state index contributed by atoms with van der Waals surface area (Å²) < 4.78 is 5.19. The van der Waals surface area contributed by atoms with E-state index in [1.807, 2.05) is 4.90 Å². The average Bonchev–Trinajstić information content (AvgIpc) is 2.19. The lowest BCUT2D eigenvalue weighted by atomic mass is 10.4. The van der Waals surface area contributed by atoms with Crippen molar-refractivity contribution in [3.05, 3.63) is 12.7 Å². The molecule has 0 aliphatic carbocycles. The summed E-state index contributed by atoms with van der Waals surface area (Å²) in [5.74, 6) is 0. The number of ether oxygens (including phenoxy) is 1. The summed E-state index contributed by atoms with van der Waals surface area (Å²) in [7, 11) is 0. The third-order valence-corrected chi connectivity index (χ3v) is 2.08. The van der Waals surface area contributed by atoms with E-state index in [-0.39, 0.29) is 0 Å². The van der Waals surface area contributed by atoms with Crippen molar-refractivity contribution in [2.45, 2.75) is 6.23 Å². The zero-order valence-corrected chi connectivity index (χ0v) is 7.91. The fourth-order valence-electron chi connectivity index (χ4n) is 1.32. The number of hydrogen-bond donors (Lipinski definition) is 2. The van der Waals surface area contributed by atoms with Gasteiger partial charge in [-0.2, -0.15) is 0 Å². The van der Waals surface area contributed by atoms with Crippen LogP contribution < -0.4 is 5.32 Å². The lowest BCUT2D eigenvalue weighted by Gasteiger charge is -2.31. The van der Waals surface area contributed by atoms with Crippen LogP contribution in [0.25, 0.3) is 0 Å². The molecule has 1 rings (SSSR count). The summed E-state index contributed by atoms with van der Waals surface area (Å²) in [5, 5.41) is 12.8. The Morgan fingerprint density at radius 3 is 2.85 bits per heavy atom. The lowest BCUT2D eigenvalue weighted by Crippen LogP contribution is -2.47. The van der Waals surface area contributed by atoms with Crippen LogP contribution in [0.15, 0.2) is 12.7 Å². The van der Waals surface area contributed by atoms with Gasteiger partial charge in [0, 0.05) is 26.2 Å². The van der Waals surface area contributed by atoms with E-state index in [9.17, 15) is 5.11 Å². The van der Waals surface area contributed by atoms with Gasteiger partial charge in [0.15, 0.2) is 0 Å². The van der Waals surface area contributed by atoms with Crippen molar-refractivity contribution in [3.8, 4) is 0 Å². The van der Waals surface area contributed by atoms with Crippen LogP contribution in [0.3, 0.4) is 0 Å². The molecule has 0 aromatic heterocycles. The van der Waals surface area contributed by atoms with Crippen molar-refractivity contribution < 1.29 is 9.84 Å². The quantitative estimate of drug-likeness (QED) is 0.445. The molecular formula is C9H18N2O2. The van der Waals surface area contributed by atoms with Crippen molar-refractivity contribution in [2.75, 3.05) is 39.4 Å². The summed E-state index contributed by atoms with van der Waals surface area (Å²) in [6.07, 6.45) is 1.38. The lowest BCUT2D eigenvalue weighted by molar-refractivity contribution is -0.0564. The Balaban J connectivity index is 2.13. The van der Waals surface area contributed by atoms with E-state index in [0.717, 1.165) is 32.8 Å². The van der Waals surface area contributed by atoms with Crippen LogP contribution in [0.5, 0.6) is 0 Å². The molecular weight excluding hydrogens is 168 g/mol. The summed E-state index contributed by atoms with van der Waals surface area (Å²) in [5.41, 5.74) is 0. The largest absolute Gasteiger partial charge is 0.379 e. The topological polar surface area (TPSA) is 44.7 Å². The van der Waals surface area contributed by atoms with E-state index >= 15 is 0 Å². The van der Waals surface area contributed by atoms with Crippen LogP contribution in [0.1, 0.15) is 0 Å². The van der Waals surface area contributed by atoms with E-state index in [0.29, 0.717) is 6.54 Å². The molecule has 4 heteroatoms. The molecule has 0 bridgehead atoms. The molecule has 1 unspecified atom stereocenters. The first-order valence-electron chi connectivity index (χ1n) is 4.66. The van der Waals surface area contributed by atoms with Crippen LogP contribution in [-0.2, 0) is 4.74 Å². The molecule has 4 nitrogen and oxygen atoms in total. The predicted octanol–water partition coefficient (Wildman–Crippen LogP) is -0.587. The Kier molecular flexibility index (Phi) is 5.00. The zero-order chi connectivity index (χ0) is 9.52. The Morgan fingerprint density at radius 2 is 2.23 bits per heavy atom. The maximum atomic E-state index is 9.67. The predicted molar refractivity (Wildman–Crippen MR) is 51.5 cm³/mol. The number of aliphatic hydroxyl groups is 1. The van der Waals surface area contributed by atoms with Gasteiger partial charge in [0.2, 0.25) is 0 Å². The molecule has 1 fully saturated rings. The van der Waals surface area contributed by atoms with E-state index in [4.69, 9.17) is 4.74 Å². The Labute approximate surface area is 79.2 Å². The molecule has 1 heterocycles. The van der Waals surface area contributed by atoms with Gasteiger partial charge in [0.25, 0.3) is 0 Å². The molecule has 0 spiro atoms. The van der Waals surface area contributed by atoms with Gasteiger partial charge in [-0.25, -0.2) is 0 Å². The van der Waals surface area contributed by atoms with Crippen LogP contribution in [0, 0.1) is 0 Å². The minimum atomic E-state index is -0.399. The molecule has 0 aromatic rings. The van der Waals surface area contributed by atoms with Crippen LogP contribution in [-0.4, -0.2) is 55.6 Å². The molecule has 0 radical (unpaired) electrons. The molecule has 1 atom stereocenters. The summed E-state index contributed by atoms with van der Waals surface area (Å²) in [4.78, 5) is 2.01. The van der Waals surface area contributed by atoms with Gasteiger partial charge in [0.05, 0.1) is 13.2 Å². The third-order valence-electron chi connectivity index (χ3n) is 2.08. The minimum absolute atomic E-state index is 0.399. The molecule has 0 saturated carbocycles. The fraction of sp³-hybridized carbons (Fsp3) is 0.778. The second-order valence-electron chi connectivity index (χ2n) is 3.08. The average molecular weight is 186 g/mol. The van der Waals surface area contributed by atoms with Crippen molar-refractivity contribution in [1.82, 2.24) is 10.2 Å². The van der Waals surface area contributed by atoms with Crippen molar-refractivity contribution in [1.29, 1.82) is 0 Å². The molecule has 2 N–H and O–H groups in total. The number of rotatable bonds is 5. The van der Waals surface area contributed by atoms with E-state index in [1.54, 1.807) is 6.08 Å². The molecule has 0 aromatic carbocycles. The van der Waals surface area contributed by atoms with E-state index in [1.165, 1.54) is 0 Å². The first kappa shape index (κ1) is 10.7. The van der Waals surface area contributed by atoms with E-state index in [2.05, 4.69) is 11.9 Å².